The molecule has 8 heteroatoms. The molecular weight excluding hydrogens is 493 g/mol. The van der Waals surface area contributed by atoms with E-state index in [9.17, 15) is 4.79 Å². The van der Waals surface area contributed by atoms with E-state index in [0.29, 0.717) is 31.8 Å². The first-order valence-corrected chi connectivity index (χ1v) is 10.7. The van der Waals surface area contributed by atoms with Gasteiger partial charge in [-0.25, -0.2) is 4.79 Å². The third kappa shape index (κ3) is 9.07. The van der Waals surface area contributed by atoms with E-state index in [1.165, 1.54) is 5.56 Å². The van der Waals surface area contributed by atoms with E-state index in [1.54, 1.807) is 4.90 Å². The number of halogens is 1. The fourth-order valence-corrected chi connectivity index (χ4v) is 3.32. The number of aliphatic imine (C=N–C) groups is 1. The molecule has 2 rings (SSSR count). The van der Waals surface area contributed by atoms with Crippen LogP contribution < -0.4 is 10.6 Å². The van der Waals surface area contributed by atoms with Gasteiger partial charge in [0.15, 0.2) is 5.96 Å². The molecule has 0 radical (unpaired) electrons. The van der Waals surface area contributed by atoms with Gasteiger partial charge in [-0.1, -0.05) is 30.3 Å². The summed E-state index contributed by atoms with van der Waals surface area (Å²) in [5, 5.41) is 6.88. The second kappa shape index (κ2) is 14.5. The molecule has 1 aromatic carbocycles. The lowest BCUT2D eigenvalue weighted by Crippen LogP contribution is -2.50. The molecule has 1 unspecified atom stereocenters. The number of ether oxygens (including phenoxy) is 1. The average Bonchev–Trinajstić information content (AvgIpc) is 2.73. The number of amides is 1. The maximum atomic E-state index is 11.8. The van der Waals surface area contributed by atoms with Crippen molar-refractivity contribution in [3.8, 4) is 0 Å². The van der Waals surface area contributed by atoms with Crippen LogP contribution in [0.5, 0.6) is 0 Å². The molecule has 1 saturated heterocycles. The Balaban J connectivity index is 0.00000450. The van der Waals surface area contributed by atoms with Crippen LogP contribution >= 0.6 is 24.0 Å². The van der Waals surface area contributed by atoms with Crippen LogP contribution in [0.1, 0.15) is 39.2 Å². The molecule has 1 aliphatic heterocycles. The first-order valence-electron chi connectivity index (χ1n) is 10.7. The van der Waals surface area contributed by atoms with Crippen molar-refractivity contribution in [2.75, 3.05) is 39.8 Å². The number of likely N-dealkylation sites (N-methyl/N-ethyl adjacent to an activating group) is 1. The van der Waals surface area contributed by atoms with Gasteiger partial charge in [-0.15, -0.1) is 24.0 Å². The highest BCUT2D eigenvalue weighted by Gasteiger charge is 2.24. The number of nitrogens with one attached hydrogen (secondary N) is 2. The number of hydrogen-bond donors (Lipinski definition) is 2. The van der Waals surface area contributed by atoms with E-state index in [-0.39, 0.29) is 30.1 Å². The summed E-state index contributed by atoms with van der Waals surface area (Å²) < 4.78 is 5.09. The zero-order valence-corrected chi connectivity index (χ0v) is 21.1. The predicted molar refractivity (Wildman–Crippen MR) is 134 cm³/mol. The Labute approximate surface area is 198 Å². The molecule has 7 nitrogen and oxygen atoms in total. The molecule has 1 heterocycles. The zero-order chi connectivity index (χ0) is 21.1. The van der Waals surface area contributed by atoms with E-state index >= 15 is 0 Å². The molecule has 2 N–H and O–H groups in total. The van der Waals surface area contributed by atoms with Gasteiger partial charge in [-0.05, 0) is 46.2 Å². The van der Waals surface area contributed by atoms with Gasteiger partial charge in [0.25, 0.3) is 0 Å². The summed E-state index contributed by atoms with van der Waals surface area (Å²) in [4.78, 5) is 20.7. The third-order valence-electron chi connectivity index (χ3n) is 5.25. The minimum atomic E-state index is -0.207. The Kier molecular flexibility index (Phi) is 12.8. The van der Waals surface area contributed by atoms with Gasteiger partial charge in [0.1, 0.15) is 0 Å². The van der Waals surface area contributed by atoms with Gasteiger partial charge in [0.2, 0.25) is 0 Å². The number of nitrogens with zero attached hydrogens (tertiary/aromatic N) is 3. The van der Waals surface area contributed by atoms with Crippen LogP contribution in [0.15, 0.2) is 35.3 Å². The fourth-order valence-electron chi connectivity index (χ4n) is 3.32. The Morgan fingerprint density at radius 2 is 1.93 bits per heavy atom. The first kappa shape index (κ1) is 26.5. The van der Waals surface area contributed by atoms with Crippen LogP contribution in [0.2, 0.25) is 0 Å². The van der Waals surface area contributed by atoms with Crippen LogP contribution in [-0.4, -0.2) is 73.8 Å². The van der Waals surface area contributed by atoms with Gasteiger partial charge < -0.3 is 20.3 Å². The van der Waals surface area contributed by atoms with Crippen molar-refractivity contribution in [3.05, 3.63) is 35.9 Å². The highest BCUT2D eigenvalue weighted by atomic mass is 127. The van der Waals surface area contributed by atoms with Crippen molar-refractivity contribution >= 4 is 36.0 Å². The number of rotatable bonds is 8. The van der Waals surface area contributed by atoms with E-state index < -0.39 is 0 Å². The maximum absolute atomic E-state index is 11.8. The largest absolute Gasteiger partial charge is 0.450 e. The van der Waals surface area contributed by atoms with Crippen molar-refractivity contribution in [2.24, 2.45) is 4.99 Å². The number of likely N-dealkylation sites (tertiary alicyclic amines) is 1. The molecule has 170 valence electrons. The van der Waals surface area contributed by atoms with Crippen molar-refractivity contribution in [3.63, 3.8) is 0 Å². The molecule has 0 aliphatic carbocycles. The number of guanidine groups is 1. The summed E-state index contributed by atoms with van der Waals surface area (Å²) in [6.07, 6.45) is 1.58. The first-order chi connectivity index (χ1) is 14.0. The van der Waals surface area contributed by atoms with Crippen LogP contribution in [0.4, 0.5) is 4.79 Å². The Morgan fingerprint density at radius 3 is 2.53 bits per heavy atom. The molecular formula is C22H38IN5O2. The van der Waals surface area contributed by atoms with Crippen LogP contribution in [0, 0.1) is 0 Å². The molecule has 0 bridgehead atoms. The molecule has 1 aliphatic rings. The zero-order valence-electron chi connectivity index (χ0n) is 18.8. The smallest absolute Gasteiger partial charge is 0.409 e. The number of carbonyl (C=O) groups excluding carboxylic acids is 1. The summed E-state index contributed by atoms with van der Waals surface area (Å²) in [5.41, 5.74) is 1.31. The molecule has 1 fully saturated rings. The normalized spacial score (nSPS) is 16.0. The molecule has 0 aromatic heterocycles. The van der Waals surface area contributed by atoms with Crippen LogP contribution in [0.3, 0.4) is 0 Å². The van der Waals surface area contributed by atoms with E-state index in [4.69, 9.17) is 9.73 Å². The van der Waals surface area contributed by atoms with Gasteiger partial charge in [0.05, 0.1) is 13.2 Å². The van der Waals surface area contributed by atoms with Crippen molar-refractivity contribution in [2.45, 2.75) is 52.2 Å². The minimum Gasteiger partial charge on any atom is -0.450 e. The summed E-state index contributed by atoms with van der Waals surface area (Å²) >= 11 is 0. The lowest BCUT2D eigenvalue weighted by molar-refractivity contribution is 0.0963. The second-order valence-electron chi connectivity index (χ2n) is 7.57. The van der Waals surface area contributed by atoms with Crippen molar-refractivity contribution in [1.29, 1.82) is 0 Å². The van der Waals surface area contributed by atoms with Gasteiger partial charge in [0, 0.05) is 38.3 Å². The highest BCUT2D eigenvalue weighted by molar-refractivity contribution is 14.0. The lowest BCUT2D eigenvalue weighted by atomic mass is 10.1. The standard InChI is InChI=1S/C22H37N5O2.HI/c1-5-23-21(25-20-12-14-27(15-13-20)22(28)29-6-2)24-16-18(3)26(4)17-19-10-8-7-9-11-19;/h7-11,18,20H,5-6,12-17H2,1-4H3,(H2,23,24,25);1H. The number of piperidine rings is 1. The lowest BCUT2D eigenvalue weighted by Gasteiger charge is -2.32. The van der Waals surface area contributed by atoms with Crippen LogP contribution in [0.25, 0.3) is 0 Å². The van der Waals surface area contributed by atoms with E-state index in [2.05, 4.69) is 60.7 Å². The molecule has 30 heavy (non-hydrogen) atoms. The topological polar surface area (TPSA) is 69.2 Å². The number of hydrogen-bond acceptors (Lipinski definition) is 4. The number of benzene rings is 1. The summed E-state index contributed by atoms with van der Waals surface area (Å²) in [6.45, 7) is 10.4. The maximum Gasteiger partial charge on any atom is 0.409 e. The van der Waals surface area contributed by atoms with E-state index in [1.807, 2.05) is 13.0 Å². The Bertz CT molecular complexity index is 636. The van der Waals surface area contributed by atoms with Gasteiger partial charge in [-0.3, -0.25) is 9.89 Å². The minimum absolute atomic E-state index is 0. The van der Waals surface area contributed by atoms with Gasteiger partial charge in [-0.2, -0.15) is 0 Å². The molecule has 1 atom stereocenters. The summed E-state index contributed by atoms with van der Waals surface area (Å²) in [6, 6.07) is 11.1. The third-order valence-corrected chi connectivity index (χ3v) is 5.25. The predicted octanol–water partition coefficient (Wildman–Crippen LogP) is 3.30. The molecule has 1 aromatic rings. The quantitative estimate of drug-likeness (QED) is 0.306. The summed E-state index contributed by atoms with van der Waals surface area (Å²) in [5.74, 6) is 0.849. The number of carbonyl (C=O) groups is 1. The highest BCUT2D eigenvalue weighted by Crippen LogP contribution is 2.12. The van der Waals surface area contributed by atoms with Crippen molar-refractivity contribution in [1.82, 2.24) is 20.4 Å². The second-order valence-corrected chi connectivity index (χ2v) is 7.57. The Morgan fingerprint density at radius 1 is 1.27 bits per heavy atom. The SMILES string of the molecule is CCNC(=NCC(C)N(C)Cc1ccccc1)NC1CCN(C(=O)OCC)CC1.I. The monoisotopic (exact) mass is 531 g/mol. The van der Waals surface area contributed by atoms with E-state index in [0.717, 1.165) is 38.4 Å². The fraction of sp³-hybridized carbons (Fsp3) is 0.636. The molecule has 0 saturated carbocycles. The van der Waals surface area contributed by atoms with Crippen molar-refractivity contribution < 1.29 is 9.53 Å². The average molecular weight is 531 g/mol. The Hall–Kier alpha value is -1.55. The van der Waals surface area contributed by atoms with Crippen LogP contribution in [-0.2, 0) is 11.3 Å². The van der Waals surface area contributed by atoms with Gasteiger partial charge >= 0.3 is 6.09 Å². The summed E-state index contributed by atoms with van der Waals surface area (Å²) in [7, 11) is 2.14. The molecule has 0 spiro atoms. The molecule has 1 amide bonds.